The first-order valence-electron chi connectivity index (χ1n) is 7.60. The molecule has 2 aromatic rings. The Morgan fingerprint density at radius 2 is 1.96 bits per heavy atom. The third-order valence-electron chi connectivity index (χ3n) is 4.33. The van der Waals surface area contributed by atoms with E-state index in [1.165, 1.54) is 0 Å². The minimum Gasteiger partial charge on any atom is -0.481 e. The maximum atomic E-state index is 12.0. The number of carbonyl (C=O) groups excluding carboxylic acids is 1. The van der Waals surface area contributed by atoms with Gasteiger partial charge in [0.15, 0.2) is 0 Å². The van der Waals surface area contributed by atoms with E-state index in [4.69, 9.17) is 5.11 Å². The van der Waals surface area contributed by atoms with E-state index in [2.05, 4.69) is 10.4 Å². The molecule has 0 unspecified atom stereocenters. The molecule has 1 heterocycles. The van der Waals surface area contributed by atoms with Crippen molar-refractivity contribution in [3.63, 3.8) is 0 Å². The van der Waals surface area contributed by atoms with Gasteiger partial charge in [0.2, 0.25) is 5.91 Å². The van der Waals surface area contributed by atoms with E-state index in [0.717, 1.165) is 22.6 Å². The van der Waals surface area contributed by atoms with Crippen molar-refractivity contribution in [2.24, 2.45) is 11.8 Å². The standard InChI is InChI=1S/C17H19N3O3/c1-10-15(9-18-16(21)13-8-14(13)17(22)23)11(2)20(19-10)12-6-4-3-5-7-12/h3-7,13-14H,8-9H2,1-2H3,(H,18,21)(H,22,23)/t13-,14-/m1/s1. The van der Waals surface area contributed by atoms with Gasteiger partial charge in [0.25, 0.3) is 0 Å². The van der Waals surface area contributed by atoms with Gasteiger partial charge in [0.05, 0.1) is 23.2 Å². The molecule has 0 saturated heterocycles. The van der Waals surface area contributed by atoms with Crippen LogP contribution in [0.15, 0.2) is 30.3 Å². The lowest BCUT2D eigenvalue weighted by atomic mass is 10.2. The monoisotopic (exact) mass is 313 g/mol. The van der Waals surface area contributed by atoms with Crippen LogP contribution in [0.5, 0.6) is 0 Å². The average Bonchev–Trinajstić information content (AvgIpc) is 3.29. The molecule has 1 aliphatic carbocycles. The van der Waals surface area contributed by atoms with E-state index < -0.39 is 17.8 Å². The number of aliphatic carboxylic acids is 1. The highest BCUT2D eigenvalue weighted by molar-refractivity contribution is 5.89. The van der Waals surface area contributed by atoms with E-state index in [1.54, 1.807) is 0 Å². The Morgan fingerprint density at radius 3 is 2.57 bits per heavy atom. The highest BCUT2D eigenvalue weighted by atomic mass is 16.4. The van der Waals surface area contributed by atoms with Crippen molar-refractivity contribution in [1.82, 2.24) is 15.1 Å². The van der Waals surface area contributed by atoms with Gasteiger partial charge >= 0.3 is 5.97 Å². The second kappa shape index (κ2) is 5.87. The molecule has 0 radical (unpaired) electrons. The Kier molecular flexibility index (Phi) is 3.90. The zero-order chi connectivity index (χ0) is 16.6. The fourth-order valence-electron chi connectivity index (χ4n) is 2.82. The predicted molar refractivity (Wildman–Crippen MR) is 84.1 cm³/mol. The van der Waals surface area contributed by atoms with Crippen LogP contribution in [0, 0.1) is 25.7 Å². The third-order valence-corrected chi connectivity index (χ3v) is 4.33. The maximum Gasteiger partial charge on any atom is 0.307 e. The smallest absolute Gasteiger partial charge is 0.307 e. The number of aryl methyl sites for hydroxylation is 1. The van der Waals surface area contributed by atoms with Gasteiger partial charge in [-0.1, -0.05) is 18.2 Å². The van der Waals surface area contributed by atoms with Crippen LogP contribution in [0.4, 0.5) is 0 Å². The van der Waals surface area contributed by atoms with Gasteiger partial charge in [-0.05, 0) is 32.4 Å². The van der Waals surface area contributed by atoms with E-state index in [1.807, 2.05) is 48.9 Å². The van der Waals surface area contributed by atoms with Crippen LogP contribution in [0.2, 0.25) is 0 Å². The summed E-state index contributed by atoms with van der Waals surface area (Å²) in [6.45, 7) is 4.24. The predicted octanol–water partition coefficient (Wildman–Crippen LogP) is 1.83. The van der Waals surface area contributed by atoms with E-state index in [0.29, 0.717) is 13.0 Å². The van der Waals surface area contributed by atoms with Crippen LogP contribution in [0.25, 0.3) is 5.69 Å². The van der Waals surface area contributed by atoms with Crippen molar-refractivity contribution in [3.05, 3.63) is 47.3 Å². The van der Waals surface area contributed by atoms with Gasteiger partial charge in [0, 0.05) is 17.8 Å². The Balaban J connectivity index is 1.71. The second-order valence-electron chi connectivity index (χ2n) is 5.90. The summed E-state index contributed by atoms with van der Waals surface area (Å²) in [5.74, 6) is -2.00. The van der Waals surface area contributed by atoms with Gasteiger partial charge in [-0.3, -0.25) is 9.59 Å². The summed E-state index contributed by atoms with van der Waals surface area (Å²) in [6, 6.07) is 9.80. The molecule has 23 heavy (non-hydrogen) atoms. The lowest BCUT2D eigenvalue weighted by Gasteiger charge is -2.07. The molecule has 6 heteroatoms. The number of benzene rings is 1. The summed E-state index contributed by atoms with van der Waals surface area (Å²) in [4.78, 5) is 22.8. The summed E-state index contributed by atoms with van der Waals surface area (Å²) in [5.41, 5.74) is 3.77. The fourth-order valence-corrected chi connectivity index (χ4v) is 2.82. The van der Waals surface area contributed by atoms with Crippen LogP contribution >= 0.6 is 0 Å². The van der Waals surface area contributed by atoms with Crippen molar-refractivity contribution < 1.29 is 14.7 Å². The maximum absolute atomic E-state index is 12.0. The minimum atomic E-state index is -0.894. The molecular weight excluding hydrogens is 294 g/mol. The van der Waals surface area contributed by atoms with Crippen LogP contribution in [-0.2, 0) is 16.1 Å². The number of nitrogens with one attached hydrogen (secondary N) is 1. The van der Waals surface area contributed by atoms with Gasteiger partial charge in [-0.2, -0.15) is 5.10 Å². The van der Waals surface area contributed by atoms with Crippen molar-refractivity contribution in [3.8, 4) is 5.69 Å². The number of para-hydroxylation sites is 1. The number of hydrogen-bond donors (Lipinski definition) is 2. The summed E-state index contributed by atoms with van der Waals surface area (Å²) in [7, 11) is 0. The molecule has 2 atom stereocenters. The highest BCUT2D eigenvalue weighted by Crippen LogP contribution is 2.38. The molecule has 1 aliphatic rings. The number of carboxylic acids is 1. The zero-order valence-corrected chi connectivity index (χ0v) is 13.1. The van der Waals surface area contributed by atoms with Crippen molar-refractivity contribution in [2.45, 2.75) is 26.8 Å². The summed E-state index contributed by atoms with van der Waals surface area (Å²) < 4.78 is 1.86. The molecule has 1 fully saturated rings. The van der Waals surface area contributed by atoms with Crippen molar-refractivity contribution >= 4 is 11.9 Å². The normalized spacial score (nSPS) is 19.4. The summed E-state index contributed by atoms with van der Waals surface area (Å²) >= 11 is 0. The molecule has 0 aliphatic heterocycles. The summed E-state index contributed by atoms with van der Waals surface area (Å²) in [6.07, 6.45) is 0.433. The minimum absolute atomic E-state index is 0.191. The lowest BCUT2D eigenvalue weighted by molar-refractivity contribution is -0.140. The van der Waals surface area contributed by atoms with Gasteiger partial charge in [-0.15, -0.1) is 0 Å². The zero-order valence-electron chi connectivity index (χ0n) is 13.1. The van der Waals surface area contributed by atoms with Crippen LogP contribution in [0.3, 0.4) is 0 Å². The first kappa shape index (κ1) is 15.3. The molecule has 0 spiro atoms. The third kappa shape index (κ3) is 2.97. The molecule has 1 aromatic heterocycles. The number of carbonyl (C=O) groups is 2. The SMILES string of the molecule is Cc1nn(-c2ccccc2)c(C)c1CNC(=O)[C@@H]1C[C@H]1C(=O)O. The Hall–Kier alpha value is -2.63. The molecule has 2 N–H and O–H groups in total. The topological polar surface area (TPSA) is 84.2 Å². The number of rotatable bonds is 5. The first-order chi connectivity index (χ1) is 11.0. The molecule has 1 amide bonds. The number of aromatic nitrogens is 2. The lowest BCUT2D eigenvalue weighted by Crippen LogP contribution is -2.26. The van der Waals surface area contributed by atoms with Crippen LogP contribution < -0.4 is 5.32 Å². The molecule has 1 saturated carbocycles. The fraction of sp³-hybridized carbons (Fsp3) is 0.353. The van der Waals surface area contributed by atoms with Crippen LogP contribution in [0.1, 0.15) is 23.4 Å². The van der Waals surface area contributed by atoms with Crippen molar-refractivity contribution in [2.75, 3.05) is 0 Å². The molecule has 3 rings (SSSR count). The van der Waals surface area contributed by atoms with Gasteiger partial charge in [0.1, 0.15) is 0 Å². The molecule has 0 bridgehead atoms. The molecular formula is C17H19N3O3. The van der Waals surface area contributed by atoms with Crippen molar-refractivity contribution in [1.29, 1.82) is 0 Å². The van der Waals surface area contributed by atoms with E-state index in [9.17, 15) is 9.59 Å². The molecule has 6 nitrogen and oxygen atoms in total. The Labute approximate surface area is 134 Å². The first-order valence-corrected chi connectivity index (χ1v) is 7.60. The number of nitrogens with zero attached hydrogens (tertiary/aromatic N) is 2. The number of carboxylic acid groups (broad SMARTS) is 1. The second-order valence-corrected chi connectivity index (χ2v) is 5.90. The number of hydrogen-bond acceptors (Lipinski definition) is 3. The van der Waals surface area contributed by atoms with Gasteiger partial charge < -0.3 is 10.4 Å². The average molecular weight is 313 g/mol. The van der Waals surface area contributed by atoms with Crippen LogP contribution in [-0.4, -0.2) is 26.8 Å². The molecule has 120 valence electrons. The van der Waals surface area contributed by atoms with E-state index in [-0.39, 0.29) is 5.91 Å². The Morgan fingerprint density at radius 1 is 1.26 bits per heavy atom. The van der Waals surface area contributed by atoms with E-state index >= 15 is 0 Å². The number of amides is 1. The summed E-state index contributed by atoms with van der Waals surface area (Å²) in [5, 5.41) is 16.3. The largest absolute Gasteiger partial charge is 0.481 e. The quantitative estimate of drug-likeness (QED) is 0.882. The van der Waals surface area contributed by atoms with Gasteiger partial charge in [-0.25, -0.2) is 4.68 Å². The molecule has 1 aromatic carbocycles. The Bertz CT molecular complexity index is 752. The highest BCUT2D eigenvalue weighted by Gasteiger charge is 2.48.